The van der Waals surface area contributed by atoms with Gasteiger partial charge in [0.2, 0.25) is 21.8 Å². The summed E-state index contributed by atoms with van der Waals surface area (Å²) in [5.74, 6) is -0.915. The van der Waals surface area contributed by atoms with Crippen LogP contribution >= 0.6 is 34.8 Å². The summed E-state index contributed by atoms with van der Waals surface area (Å²) in [5, 5.41) is 3.70. The second-order valence-electron chi connectivity index (χ2n) is 8.10. The molecule has 11 heteroatoms. The molecule has 0 aromatic heterocycles. The van der Waals surface area contributed by atoms with Crippen LogP contribution in [0.25, 0.3) is 0 Å². The molecule has 186 valence electrons. The van der Waals surface area contributed by atoms with Crippen LogP contribution < -0.4 is 9.62 Å². The summed E-state index contributed by atoms with van der Waals surface area (Å²) in [5.41, 5.74) is 0.774. The first kappa shape index (κ1) is 28.2. The number of sulfonamides is 1. The molecule has 0 bridgehead atoms. The molecule has 0 saturated carbocycles. The highest BCUT2D eigenvalue weighted by atomic mass is 35.5. The van der Waals surface area contributed by atoms with Gasteiger partial charge >= 0.3 is 0 Å². The first-order valence-corrected chi connectivity index (χ1v) is 13.6. The zero-order chi connectivity index (χ0) is 25.6. The second kappa shape index (κ2) is 12.1. The zero-order valence-corrected chi connectivity index (χ0v) is 22.5. The number of nitrogens with one attached hydrogen (secondary N) is 1. The Morgan fingerprint density at radius 1 is 1.03 bits per heavy atom. The van der Waals surface area contributed by atoms with E-state index in [2.05, 4.69) is 5.32 Å². The summed E-state index contributed by atoms with van der Waals surface area (Å²) >= 11 is 18.4. The summed E-state index contributed by atoms with van der Waals surface area (Å²) in [6.45, 7) is 4.89. The van der Waals surface area contributed by atoms with Crippen molar-refractivity contribution < 1.29 is 18.0 Å². The van der Waals surface area contributed by atoms with Gasteiger partial charge < -0.3 is 10.2 Å². The number of hydrogen-bond acceptors (Lipinski definition) is 4. The SMILES string of the molecule is CCC(C(=O)NC(C)C)N(Cc1ccccc1Cl)C(=O)CN(c1cc(Cl)cc(Cl)c1)S(C)(=O)=O. The van der Waals surface area contributed by atoms with Gasteiger partial charge in [0.05, 0.1) is 11.9 Å². The molecule has 1 unspecified atom stereocenters. The lowest BCUT2D eigenvalue weighted by Crippen LogP contribution is -2.53. The fourth-order valence-corrected chi connectivity index (χ4v) is 4.95. The van der Waals surface area contributed by atoms with Gasteiger partial charge in [0, 0.05) is 27.7 Å². The van der Waals surface area contributed by atoms with Crippen molar-refractivity contribution >= 4 is 62.3 Å². The van der Waals surface area contributed by atoms with E-state index in [9.17, 15) is 18.0 Å². The van der Waals surface area contributed by atoms with E-state index in [4.69, 9.17) is 34.8 Å². The van der Waals surface area contributed by atoms with Crippen molar-refractivity contribution in [3.63, 3.8) is 0 Å². The number of rotatable bonds is 10. The van der Waals surface area contributed by atoms with Gasteiger partial charge in [0.15, 0.2) is 0 Å². The third kappa shape index (κ3) is 7.77. The molecule has 1 N–H and O–H groups in total. The van der Waals surface area contributed by atoms with Crippen LogP contribution in [0.2, 0.25) is 15.1 Å². The van der Waals surface area contributed by atoms with E-state index in [0.717, 1.165) is 10.6 Å². The molecule has 2 amide bonds. The Hall–Kier alpha value is -2.00. The van der Waals surface area contributed by atoms with Crippen molar-refractivity contribution in [2.45, 2.75) is 45.8 Å². The molecule has 2 rings (SSSR count). The molecule has 2 aromatic carbocycles. The first-order chi connectivity index (χ1) is 15.8. The number of halogens is 3. The highest BCUT2D eigenvalue weighted by Crippen LogP contribution is 2.28. The average Bonchev–Trinajstić information content (AvgIpc) is 2.70. The summed E-state index contributed by atoms with van der Waals surface area (Å²) in [7, 11) is -3.89. The molecule has 0 aliphatic rings. The van der Waals surface area contributed by atoms with E-state index in [1.807, 2.05) is 13.8 Å². The third-order valence-electron chi connectivity index (χ3n) is 4.93. The van der Waals surface area contributed by atoms with Crippen LogP contribution in [-0.4, -0.2) is 50.0 Å². The lowest BCUT2D eigenvalue weighted by Gasteiger charge is -2.33. The van der Waals surface area contributed by atoms with Crippen LogP contribution in [0, 0.1) is 0 Å². The van der Waals surface area contributed by atoms with E-state index < -0.39 is 28.5 Å². The van der Waals surface area contributed by atoms with Crippen LogP contribution in [0.3, 0.4) is 0 Å². The standard InChI is InChI=1S/C23H28Cl3N3O4S/c1-5-21(23(31)27-15(2)3)28(13-16-8-6-7-9-20(16)26)22(30)14-29(34(4,32)33)19-11-17(24)10-18(25)12-19/h6-12,15,21H,5,13-14H2,1-4H3,(H,27,31). The Morgan fingerprint density at radius 2 is 1.62 bits per heavy atom. The van der Waals surface area contributed by atoms with Crippen molar-refractivity contribution in [1.82, 2.24) is 10.2 Å². The van der Waals surface area contributed by atoms with E-state index in [0.29, 0.717) is 17.0 Å². The molecule has 0 aliphatic carbocycles. The quantitative estimate of drug-likeness (QED) is 0.464. The van der Waals surface area contributed by atoms with Crippen LogP contribution in [-0.2, 0) is 26.2 Å². The lowest BCUT2D eigenvalue weighted by atomic mass is 10.1. The molecular weight excluding hydrogens is 521 g/mol. The predicted molar refractivity (Wildman–Crippen MR) is 138 cm³/mol. The van der Waals surface area contributed by atoms with Crippen LogP contribution in [0.15, 0.2) is 42.5 Å². The summed E-state index contributed by atoms with van der Waals surface area (Å²) in [6.07, 6.45) is 1.30. The number of nitrogens with zero attached hydrogens (tertiary/aromatic N) is 2. The molecule has 0 aliphatic heterocycles. The Kier molecular flexibility index (Phi) is 10.1. The van der Waals surface area contributed by atoms with Gasteiger partial charge in [-0.3, -0.25) is 13.9 Å². The fraction of sp³-hybridized carbons (Fsp3) is 0.391. The Bertz CT molecular complexity index is 1120. The Labute approximate surface area is 216 Å². The number of anilines is 1. The van der Waals surface area contributed by atoms with Crippen molar-refractivity contribution in [1.29, 1.82) is 0 Å². The van der Waals surface area contributed by atoms with Crippen molar-refractivity contribution in [3.05, 3.63) is 63.1 Å². The van der Waals surface area contributed by atoms with Gasteiger partial charge in [-0.05, 0) is 50.1 Å². The minimum Gasteiger partial charge on any atom is -0.352 e. The summed E-state index contributed by atoms with van der Waals surface area (Å²) < 4.78 is 26.1. The van der Waals surface area contributed by atoms with Crippen molar-refractivity contribution in [3.8, 4) is 0 Å². The third-order valence-corrected chi connectivity index (χ3v) is 6.88. The molecule has 34 heavy (non-hydrogen) atoms. The summed E-state index contributed by atoms with van der Waals surface area (Å²) in [4.78, 5) is 27.9. The van der Waals surface area contributed by atoms with Crippen LogP contribution in [0.4, 0.5) is 5.69 Å². The van der Waals surface area contributed by atoms with Gasteiger partial charge in [-0.2, -0.15) is 0 Å². The molecule has 2 aromatic rings. The monoisotopic (exact) mass is 547 g/mol. The average molecular weight is 549 g/mol. The van der Waals surface area contributed by atoms with Crippen molar-refractivity contribution in [2.75, 3.05) is 17.1 Å². The first-order valence-electron chi connectivity index (χ1n) is 10.6. The van der Waals surface area contributed by atoms with Crippen LogP contribution in [0.5, 0.6) is 0 Å². The highest BCUT2D eigenvalue weighted by molar-refractivity contribution is 7.92. The minimum atomic E-state index is -3.89. The van der Waals surface area contributed by atoms with Gasteiger partial charge in [0.25, 0.3) is 0 Å². The molecule has 0 radical (unpaired) electrons. The number of hydrogen-bond donors (Lipinski definition) is 1. The molecule has 0 heterocycles. The number of amides is 2. The maximum Gasteiger partial charge on any atom is 0.244 e. The maximum atomic E-state index is 13.6. The molecule has 7 nitrogen and oxygen atoms in total. The molecule has 0 saturated heterocycles. The van der Waals surface area contributed by atoms with Gasteiger partial charge in [-0.1, -0.05) is 59.9 Å². The Balaban J connectivity index is 2.49. The van der Waals surface area contributed by atoms with Gasteiger partial charge in [-0.25, -0.2) is 8.42 Å². The van der Waals surface area contributed by atoms with E-state index in [1.54, 1.807) is 31.2 Å². The highest BCUT2D eigenvalue weighted by Gasteiger charge is 2.32. The number of benzene rings is 2. The predicted octanol–water partition coefficient (Wildman–Crippen LogP) is 4.74. The smallest absolute Gasteiger partial charge is 0.244 e. The van der Waals surface area contributed by atoms with Gasteiger partial charge in [0.1, 0.15) is 12.6 Å². The largest absolute Gasteiger partial charge is 0.352 e. The second-order valence-corrected chi connectivity index (χ2v) is 11.3. The number of carbonyl (C=O) groups is 2. The fourth-order valence-electron chi connectivity index (χ4n) is 3.41. The molecule has 0 spiro atoms. The summed E-state index contributed by atoms with van der Waals surface area (Å²) in [6, 6.07) is 10.3. The molecular formula is C23H28Cl3N3O4S. The molecule has 0 fully saturated rings. The topological polar surface area (TPSA) is 86.8 Å². The van der Waals surface area contributed by atoms with E-state index >= 15 is 0 Å². The van der Waals surface area contributed by atoms with Crippen LogP contribution in [0.1, 0.15) is 32.8 Å². The number of carbonyl (C=O) groups excluding carboxylic acids is 2. The van der Waals surface area contributed by atoms with E-state index in [-0.39, 0.29) is 34.2 Å². The molecule has 1 atom stereocenters. The Morgan fingerprint density at radius 3 is 2.12 bits per heavy atom. The van der Waals surface area contributed by atoms with Crippen molar-refractivity contribution in [2.24, 2.45) is 0 Å². The minimum absolute atomic E-state index is 0.0242. The normalized spacial score (nSPS) is 12.4. The zero-order valence-electron chi connectivity index (χ0n) is 19.4. The maximum absolute atomic E-state index is 13.6. The lowest BCUT2D eigenvalue weighted by molar-refractivity contribution is -0.140. The van der Waals surface area contributed by atoms with E-state index in [1.165, 1.54) is 23.1 Å². The van der Waals surface area contributed by atoms with Gasteiger partial charge in [-0.15, -0.1) is 0 Å².